The molecule has 0 bridgehead atoms. The molecule has 2 heterocycles. The highest BCUT2D eigenvalue weighted by atomic mass is 16.5. The van der Waals surface area contributed by atoms with Crippen LogP contribution < -0.4 is 26.9 Å². The summed E-state index contributed by atoms with van der Waals surface area (Å²) < 4.78 is 5.56. The van der Waals surface area contributed by atoms with Gasteiger partial charge in [-0.3, -0.25) is 9.80 Å². The van der Waals surface area contributed by atoms with Gasteiger partial charge in [-0.15, -0.1) is 0 Å². The molecule has 5 N–H and O–H groups in total. The van der Waals surface area contributed by atoms with Crippen LogP contribution in [0.3, 0.4) is 0 Å². The summed E-state index contributed by atoms with van der Waals surface area (Å²) in [7, 11) is 0. The first-order valence-corrected chi connectivity index (χ1v) is 11.1. The molecule has 7 nitrogen and oxygen atoms in total. The lowest BCUT2D eigenvalue weighted by Crippen LogP contribution is -2.28. The highest BCUT2D eigenvalue weighted by molar-refractivity contribution is 5.92. The number of H-pyrrole nitrogens is 1. The fraction of sp³-hybridized carbons (Fsp3) is 0.192. The van der Waals surface area contributed by atoms with Gasteiger partial charge in [0.1, 0.15) is 5.82 Å². The third-order valence-corrected chi connectivity index (χ3v) is 6.03. The van der Waals surface area contributed by atoms with Crippen LogP contribution in [0.15, 0.2) is 77.7 Å². The van der Waals surface area contributed by atoms with Gasteiger partial charge < -0.3 is 20.4 Å². The first-order valence-electron chi connectivity index (χ1n) is 11.1. The molecule has 1 aliphatic rings. The van der Waals surface area contributed by atoms with Crippen LogP contribution in [0, 0.1) is 0 Å². The second-order valence-electron chi connectivity index (χ2n) is 8.22. The number of rotatable bonds is 4. The van der Waals surface area contributed by atoms with Gasteiger partial charge in [-0.1, -0.05) is 42.5 Å². The summed E-state index contributed by atoms with van der Waals surface area (Å²) in [5, 5.41) is 4.34. The number of hydrogen-bond acceptors (Lipinski definition) is 6. The molecule has 3 aromatic carbocycles. The highest BCUT2D eigenvalue weighted by Gasteiger charge is 2.15. The van der Waals surface area contributed by atoms with Gasteiger partial charge in [-0.2, -0.15) is 0 Å². The Labute approximate surface area is 191 Å². The zero-order valence-corrected chi connectivity index (χ0v) is 18.3. The second kappa shape index (κ2) is 8.97. The summed E-state index contributed by atoms with van der Waals surface area (Å²) in [6, 6.07) is 21.3. The quantitative estimate of drug-likeness (QED) is 0.331. The number of benzene rings is 3. The Morgan fingerprint density at radius 2 is 1.85 bits per heavy atom. The maximum absolute atomic E-state index is 12.9. The van der Waals surface area contributed by atoms with E-state index in [0.717, 1.165) is 54.0 Å². The number of hydrogen-bond donors (Lipinski definition) is 3. The number of para-hydroxylation sites is 1. The molecule has 0 radical (unpaired) electrons. The fourth-order valence-electron chi connectivity index (χ4n) is 4.29. The van der Waals surface area contributed by atoms with E-state index in [1.165, 1.54) is 5.01 Å². The van der Waals surface area contributed by atoms with Crippen molar-refractivity contribution in [3.05, 3.63) is 88.7 Å². The predicted molar refractivity (Wildman–Crippen MR) is 135 cm³/mol. The van der Waals surface area contributed by atoms with Gasteiger partial charge in [0.2, 0.25) is 0 Å². The minimum Gasteiger partial charge on any atom is -0.397 e. The van der Waals surface area contributed by atoms with E-state index in [1.807, 2.05) is 54.6 Å². The molecule has 1 aromatic heterocycles. The van der Waals surface area contributed by atoms with Crippen molar-refractivity contribution in [3.63, 3.8) is 0 Å². The van der Waals surface area contributed by atoms with E-state index >= 15 is 0 Å². The maximum atomic E-state index is 12.9. The molecule has 33 heavy (non-hydrogen) atoms. The van der Waals surface area contributed by atoms with Gasteiger partial charge >= 0.3 is 0 Å². The first kappa shape index (κ1) is 21.1. The summed E-state index contributed by atoms with van der Waals surface area (Å²) in [6.07, 6.45) is 2.60. The number of aromatic amines is 1. The van der Waals surface area contributed by atoms with Crippen molar-refractivity contribution in [2.24, 2.45) is 11.6 Å². The molecular formula is C26H27N5O2. The Balaban J connectivity index is 1.53. The summed E-state index contributed by atoms with van der Waals surface area (Å²) in [5.41, 5.74) is 9.16. The van der Waals surface area contributed by atoms with Crippen molar-refractivity contribution in [3.8, 4) is 0 Å². The molecular weight excluding hydrogens is 414 g/mol. The Morgan fingerprint density at radius 3 is 2.73 bits per heavy atom. The SMILES string of the molecule is N/C(=C\N(N)c1ccc2ccccc2c1)c1cccc2c(=O)cc(N3CCCOCC3)[nH]c12. The van der Waals surface area contributed by atoms with Gasteiger partial charge in [-0.25, -0.2) is 5.84 Å². The van der Waals surface area contributed by atoms with Crippen molar-refractivity contribution in [1.29, 1.82) is 0 Å². The Kier molecular flexibility index (Phi) is 5.73. The van der Waals surface area contributed by atoms with Crippen molar-refractivity contribution in [2.75, 3.05) is 36.2 Å². The van der Waals surface area contributed by atoms with Crippen LogP contribution in [0.25, 0.3) is 27.4 Å². The normalized spacial score (nSPS) is 15.1. The standard InChI is InChI=1S/C26H27N5O2/c27-23(17-31(28)20-10-9-18-5-1-2-6-19(18)15-20)21-7-3-8-22-24(32)16-25(29-26(21)22)30-11-4-13-33-14-12-30/h1-3,5-10,15-17H,4,11-14,27-28H2,(H,29,32)/b23-17-. The molecule has 0 unspecified atom stereocenters. The van der Waals surface area contributed by atoms with E-state index < -0.39 is 0 Å². The van der Waals surface area contributed by atoms with Crippen LogP contribution in [0.4, 0.5) is 11.5 Å². The minimum absolute atomic E-state index is 0.0438. The van der Waals surface area contributed by atoms with Crippen LogP contribution in [0.2, 0.25) is 0 Å². The Bertz CT molecular complexity index is 1390. The molecule has 0 amide bonds. The average Bonchev–Trinajstić information content (AvgIpc) is 3.13. The number of anilines is 2. The van der Waals surface area contributed by atoms with E-state index in [-0.39, 0.29) is 5.43 Å². The summed E-state index contributed by atoms with van der Waals surface area (Å²) in [6.45, 7) is 2.93. The molecule has 7 heteroatoms. The van der Waals surface area contributed by atoms with Crippen LogP contribution in [0.5, 0.6) is 0 Å². The van der Waals surface area contributed by atoms with E-state index in [2.05, 4.69) is 16.0 Å². The van der Waals surface area contributed by atoms with Crippen molar-refractivity contribution in [2.45, 2.75) is 6.42 Å². The van der Waals surface area contributed by atoms with Crippen LogP contribution >= 0.6 is 0 Å². The van der Waals surface area contributed by atoms with Gasteiger partial charge in [-0.05, 0) is 35.4 Å². The van der Waals surface area contributed by atoms with Crippen molar-refractivity contribution in [1.82, 2.24) is 4.98 Å². The smallest absolute Gasteiger partial charge is 0.191 e. The number of aromatic nitrogens is 1. The molecule has 0 aliphatic carbocycles. The lowest BCUT2D eigenvalue weighted by atomic mass is 10.1. The first-order chi connectivity index (χ1) is 16.1. The minimum atomic E-state index is -0.0438. The van der Waals surface area contributed by atoms with Gasteiger partial charge in [0.25, 0.3) is 0 Å². The molecule has 0 spiro atoms. The summed E-state index contributed by atoms with van der Waals surface area (Å²) >= 11 is 0. The average molecular weight is 442 g/mol. The van der Waals surface area contributed by atoms with E-state index in [4.69, 9.17) is 16.3 Å². The number of hydrazine groups is 1. The number of nitrogens with two attached hydrogens (primary N) is 2. The van der Waals surface area contributed by atoms with Gasteiger partial charge in [0.15, 0.2) is 5.43 Å². The number of nitrogens with one attached hydrogen (secondary N) is 1. The van der Waals surface area contributed by atoms with E-state index in [0.29, 0.717) is 23.2 Å². The van der Waals surface area contributed by atoms with Gasteiger partial charge in [0.05, 0.1) is 23.5 Å². The number of ether oxygens (including phenoxy) is 1. The molecule has 1 aliphatic heterocycles. The zero-order chi connectivity index (χ0) is 22.8. The second-order valence-corrected chi connectivity index (χ2v) is 8.22. The molecule has 1 fully saturated rings. The lowest BCUT2D eigenvalue weighted by Gasteiger charge is -2.22. The van der Waals surface area contributed by atoms with Crippen molar-refractivity contribution >= 4 is 38.9 Å². The fourth-order valence-corrected chi connectivity index (χ4v) is 4.29. The monoisotopic (exact) mass is 441 g/mol. The largest absolute Gasteiger partial charge is 0.397 e. The van der Waals surface area contributed by atoms with E-state index in [9.17, 15) is 4.79 Å². The molecule has 0 saturated carbocycles. The van der Waals surface area contributed by atoms with Crippen LogP contribution in [0.1, 0.15) is 12.0 Å². The maximum Gasteiger partial charge on any atom is 0.191 e. The highest BCUT2D eigenvalue weighted by Crippen LogP contribution is 2.25. The predicted octanol–water partition coefficient (Wildman–Crippen LogP) is 3.55. The molecule has 1 saturated heterocycles. The van der Waals surface area contributed by atoms with E-state index in [1.54, 1.807) is 12.3 Å². The molecule has 4 aromatic rings. The Morgan fingerprint density at radius 1 is 1.00 bits per heavy atom. The molecule has 0 atom stereocenters. The van der Waals surface area contributed by atoms with Gasteiger partial charge in [0, 0.05) is 42.9 Å². The Hall–Kier alpha value is -3.81. The third kappa shape index (κ3) is 4.28. The number of nitrogens with zero attached hydrogens (tertiary/aromatic N) is 2. The summed E-state index contributed by atoms with van der Waals surface area (Å²) in [5.74, 6) is 7.12. The summed E-state index contributed by atoms with van der Waals surface area (Å²) in [4.78, 5) is 18.5. The van der Waals surface area contributed by atoms with Crippen LogP contribution in [-0.2, 0) is 4.74 Å². The number of fused-ring (bicyclic) bond motifs is 2. The number of pyridine rings is 1. The molecule has 5 rings (SSSR count). The zero-order valence-electron chi connectivity index (χ0n) is 18.3. The lowest BCUT2D eigenvalue weighted by molar-refractivity contribution is 0.152. The third-order valence-electron chi connectivity index (χ3n) is 6.03. The van der Waals surface area contributed by atoms with Crippen molar-refractivity contribution < 1.29 is 4.74 Å². The van der Waals surface area contributed by atoms with Crippen LogP contribution in [-0.4, -0.2) is 31.3 Å². The molecule has 168 valence electrons. The topological polar surface area (TPSA) is 101 Å².